The molecule has 84 heavy (non-hydrogen) atoms. The van der Waals surface area contributed by atoms with Crippen molar-refractivity contribution < 1.29 is 72.5 Å². The molecule has 2 saturated heterocycles. The van der Waals surface area contributed by atoms with Crippen LogP contribution < -0.4 is 47.7 Å². The average Bonchev–Trinajstić information content (AvgIpc) is 4.01. The number of unbranched alkanes of at least 4 members (excludes halogenated alkanes) is 1. The van der Waals surface area contributed by atoms with E-state index in [0.717, 1.165) is 35.1 Å². The number of carbonyl (C=O) groups excluding carboxylic acids is 10. The minimum absolute atomic E-state index is 0.00765. The number of hydrogen-bond donors (Lipinski definition) is 10. The number of nitrogens with two attached hydrogens (primary N) is 1. The Bertz CT molecular complexity index is 2540. The van der Waals surface area contributed by atoms with Gasteiger partial charge in [-0.2, -0.15) is 28.4 Å². The van der Waals surface area contributed by atoms with Gasteiger partial charge in [-0.1, -0.05) is 30.2 Å². The number of carbonyl (C=O) groups is 11. The Morgan fingerprint density at radius 3 is 1.90 bits per heavy atom. The molecule has 0 radical (unpaired) electrons. The smallest absolute Gasteiger partial charge is 0.305 e. The third-order valence-corrected chi connectivity index (χ3v) is 16.5. The minimum Gasteiger partial charge on any atom is -0.494 e. The number of thioether (sulfide) groups is 2. The van der Waals surface area contributed by atoms with Gasteiger partial charge >= 0.3 is 5.97 Å². The molecule has 0 saturated carbocycles. The lowest BCUT2D eigenvalue weighted by molar-refractivity contribution is -0.144. The molecule has 4 heterocycles. The number of primary amides is 1. The number of ether oxygens (including phenoxy) is 1. The highest BCUT2D eigenvalue weighted by Crippen LogP contribution is 2.27. The third-order valence-electron chi connectivity index (χ3n) is 14.2. The summed E-state index contributed by atoms with van der Waals surface area (Å²) in [5, 5.41) is 44.7. The van der Waals surface area contributed by atoms with Crippen molar-refractivity contribution in [2.24, 2.45) is 22.0 Å². The van der Waals surface area contributed by atoms with Crippen LogP contribution in [0.2, 0.25) is 0 Å². The average molecular weight is 1220 g/mol. The fraction of sp³-hybridized carbons (Fsp3) is 0.667. The number of benzene rings is 1. The molecule has 30 heteroatoms. The van der Waals surface area contributed by atoms with E-state index in [1.165, 1.54) is 35.3 Å². The second-order valence-electron chi connectivity index (χ2n) is 21.5. The summed E-state index contributed by atoms with van der Waals surface area (Å²) in [6.07, 6.45) is 4.34. The Balaban J connectivity index is 1.54. The maximum absolute atomic E-state index is 15.0. The summed E-state index contributed by atoms with van der Waals surface area (Å²) in [6, 6.07) is -6.77. The highest BCUT2D eigenvalue weighted by atomic mass is 32.2. The van der Waals surface area contributed by atoms with Gasteiger partial charge in [0.2, 0.25) is 53.2 Å². The number of nitrogens with one attached hydrogen (secondary N) is 7. The van der Waals surface area contributed by atoms with Gasteiger partial charge in [0.15, 0.2) is 0 Å². The molecule has 1 aromatic carbocycles. The van der Waals surface area contributed by atoms with Crippen molar-refractivity contribution in [1.82, 2.24) is 47.0 Å². The Kier molecular flexibility index (Phi) is 27.9. The van der Waals surface area contributed by atoms with Crippen LogP contribution in [0.4, 0.5) is 0 Å². The van der Waals surface area contributed by atoms with E-state index in [-0.39, 0.29) is 87.3 Å². The number of aliphatic carboxylic acids is 1. The van der Waals surface area contributed by atoms with Crippen LogP contribution in [0, 0.1) is 10.8 Å². The van der Waals surface area contributed by atoms with Gasteiger partial charge in [-0.05, 0) is 113 Å². The Morgan fingerprint density at radius 1 is 0.702 bits per heavy atom. The van der Waals surface area contributed by atoms with Gasteiger partial charge in [-0.3, -0.25) is 52.7 Å². The van der Waals surface area contributed by atoms with E-state index in [9.17, 15) is 67.9 Å². The van der Waals surface area contributed by atoms with Crippen molar-refractivity contribution in [2.45, 2.75) is 170 Å². The lowest BCUT2D eigenvalue weighted by Crippen LogP contribution is -2.60. The van der Waals surface area contributed by atoms with Crippen molar-refractivity contribution in [3.05, 3.63) is 34.2 Å². The molecule has 0 aliphatic carbocycles. The number of nitroso groups, excluding NO2 is 1. The van der Waals surface area contributed by atoms with E-state index in [4.69, 9.17) is 15.3 Å². The number of oxime groups is 1. The van der Waals surface area contributed by atoms with Crippen LogP contribution in [0.5, 0.6) is 5.75 Å². The number of aliphatic hydroxyl groups excluding tert-OH is 1. The molecule has 2 fully saturated rings. The molecule has 28 nitrogen and oxygen atoms in total. The fourth-order valence-electron chi connectivity index (χ4n) is 9.95. The second kappa shape index (κ2) is 34.6. The van der Waals surface area contributed by atoms with Crippen LogP contribution in [-0.2, 0) is 69.1 Å². The summed E-state index contributed by atoms with van der Waals surface area (Å²) < 4.78 is 6.23. The van der Waals surface area contributed by atoms with Gasteiger partial charge in [0.05, 0.1) is 26.2 Å². The highest BCUT2D eigenvalue weighted by molar-refractivity contribution is 7.98. The number of aliphatic hydroxyl groups is 1. The van der Waals surface area contributed by atoms with E-state index in [0.29, 0.717) is 44.5 Å². The summed E-state index contributed by atoms with van der Waals surface area (Å²) >= 11 is 2.50. The quantitative estimate of drug-likeness (QED) is 0.0982. The standard InChI is InChI=1S/C54H80N12O16S2/c1-31(2)20-37-49(74)60-38(24-45(69)70)48(73)58-32(3)53(78)65-16-10-13-42(65)52(77)62-39(26-67)50(75)63-40(46(55)71)29-83-27-33-21-34-23-35(22-33)81-18-8-4-5-9-19-82-57-25-44(68)59-36(12-6-7-15-56-80)47(72)64-41(30-84-28-34)54(79)66-17-11-14-43(66)51(76)61-37/h21-23,25,31-32,36-43,67H,4-20,24,26-30H2,1-3H3,(H2,55,71)(H,58,73)(H,59,68)(H,60,74)(H,61,76)(H,62,77)(H,63,75)(H,64,72)(H,69,70)/b57-25+/t32-,36-,37-,38?,39-,40-,41-,42-,43-/m0/s1. The molecule has 4 aliphatic rings. The monoisotopic (exact) mass is 1220 g/mol. The van der Waals surface area contributed by atoms with Crippen LogP contribution in [0.25, 0.3) is 0 Å². The second-order valence-corrected chi connectivity index (χ2v) is 23.5. The minimum atomic E-state index is -1.78. The summed E-state index contributed by atoms with van der Waals surface area (Å²) in [6.45, 7) is 4.52. The van der Waals surface area contributed by atoms with Crippen LogP contribution in [0.1, 0.15) is 115 Å². The molecular formula is C54H80N12O16S2. The first-order chi connectivity index (χ1) is 40.2. The summed E-state index contributed by atoms with van der Waals surface area (Å²) in [4.78, 5) is 170. The Morgan fingerprint density at radius 2 is 1.29 bits per heavy atom. The maximum atomic E-state index is 15.0. The van der Waals surface area contributed by atoms with Crippen molar-refractivity contribution in [1.29, 1.82) is 0 Å². The molecule has 10 amide bonds. The summed E-state index contributed by atoms with van der Waals surface area (Å²) in [5.74, 6) is -9.22. The lowest BCUT2D eigenvalue weighted by atomic mass is 10.0. The predicted octanol–water partition coefficient (Wildman–Crippen LogP) is -0.548. The topological polar surface area (TPSA) is 405 Å². The molecule has 1 aromatic rings. The first-order valence-corrected chi connectivity index (χ1v) is 30.7. The van der Waals surface area contributed by atoms with Gasteiger partial charge in [-0.25, -0.2) is 0 Å². The maximum Gasteiger partial charge on any atom is 0.305 e. The fourth-order valence-corrected chi connectivity index (χ4v) is 11.9. The molecule has 0 aromatic heterocycles. The zero-order chi connectivity index (χ0) is 61.3. The number of fused-ring (bicyclic) bond motifs is 7. The SMILES string of the molecule is CC(C)C[C@@H]1NC(=O)[C@@H]2CCCN2C(=O)[C@@H]2CSCc3cc(cc(c3)OCCCCCCO/N=C/C(=O)N[C@@H](CCCCN=O)C(=O)N2)CSC[C@@H](C(N)=O)NC(=O)[C@H](CO)NC(=O)[C@@H]2CCCN2C(=O)[C@H](C)NC(=O)C(CC(=O)O)NC1=O. The first-order valence-electron chi connectivity index (χ1n) is 28.4. The van der Waals surface area contributed by atoms with Crippen LogP contribution in [0.15, 0.2) is 28.5 Å². The van der Waals surface area contributed by atoms with E-state index < -0.39 is 132 Å². The van der Waals surface area contributed by atoms with E-state index in [1.54, 1.807) is 13.8 Å². The van der Waals surface area contributed by atoms with Gasteiger partial charge in [0, 0.05) is 36.1 Å². The highest BCUT2D eigenvalue weighted by Gasteiger charge is 2.42. The zero-order valence-corrected chi connectivity index (χ0v) is 49.3. The molecule has 11 N–H and O–H groups in total. The van der Waals surface area contributed by atoms with E-state index in [2.05, 4.69) is 47.6 Å². The van der Waals surface area contributed by atoms with Gasteiger partial charge in [-0.15, -0.1) is 0 Å². The third kappa shape index (κ3) is 21.5. The molecular weight excluding hydrogens is 1140 g/mol. The van der Waals surface area contributed by atoms with Gasteiger partial charge in [0.25, 0.3) is 5.91 Å². The van der Waals surface area contributed by atoms with Gasteiger partial charge < -0.3 is 72.5 Å². The number of amides is 10. The van der Waals surface area contributed by atoms with Crippen molar-refractivity contribution in [3.63, 3.8) is 0 Å². The molecule has 464 valence electrons. The van der Waals surface area contributed by atoms with Crippen molar-refractivity contribution in [2.75, 3.05) is 51.0 Å². The lowest BCUT2D eigenvalue weighted by Gasteiger charge is -2.31. The molecule has 4 aliphatic heterocycles. The molecule has 1 unspecified atom stereocenters. The molecule has 4 bridgehead atoms. The number of hydrogen-bond acceptors (Lipinski definition) is 19. The van der Waals surface area contributed by atoms with Crippen molar-refractivity contribution in [3.8, 4) is 5.75 Å². The van der Waals surface area contributed by atoms with Crippen LogP contribution in [-0.4, -0.2) is 197 Å². The molecule has 9 atom stereocenters. The Labute approximate surface area is 495 Å². The van der Waals surface area contributed by atoms with E-state index >= 15 is 0 Å². The number of carboxylic acids is 1. The van der Waals surface area contributed by atoms with E-state index in [1.807, 2.05) is 18.2 Å². The number of rotatable bonds is 11. The Hall–Kier alpha value is -7.08. The van der Waals surface area contributed by atoms with Gasteiger partial charge in [0.1, 0.15) is 72.9 Å². The van der Waals surface area contributed by atoms with Crippen LogP contribution >= 0.6 is 23.5 Å². The normalized spacial score (nSPS) is 27.2. The molecule has 0 spiro atoms. The first kappa shape index (κ1) is 67.7. The van der Waals surface area contributed by atoms with Crippen LogP contribution in [0.3, 0.4) is 0 Å². The number of carboxylic acid groups (broad SMARTS) is 1. The summed E-state index contributed by atoms with van der Waals surface area (Å²) in [5.41, 5.74) is 7.23. The number of nitrogens with zero attached hydrogens (tertiary/aromatic N) is 4. The zero-order valence-electron chi connectivity index (χ0n) is 47.6. The molecule has 5 rings (SSSR count). The van der Waals surface area contributed by atoms with Crippen molar-refractivity contribution >= 4 is 94.8 Å². The summed E-state index contributed by atoms with van der Waals surface area (Å²) in [7, 11) is 0. The predicted molar refractivity (Wildman–Crippen MR) is 308 cm³/mol. The largest absolute Gasteiger partial charge is 0.494 e.